The molecule has 0 spiro atoms. The molecule has 0 aliphatic carbocycles. The number of rotatable bonds is 7. The van der Waals surface area contributed by atoms with Gasteiger partial charge in [-0.15, -0.1) is 0 Å². The van der Waals surface area contributed by atoms with Gasteiger partial charge in [0.15, 0.2) is 0 Å². The largest absolute Gasteiger partial charge is 0.269 e. The highest BCUT2D eigenvalue weighted by atomic mass is 127. The van der Waals surface area contributed by atoms with Crippen LogP contribution in [0, 0.1) is 0 Å². The SMILES string of the molecule is CCC(I)(CC)c1ccc(N2C(=O)c3ccc4c5c(ccc(c35)C2=O)C(=O)N(C(I)(CC)CC)C4=O)cc1. The standard InChI is InChI=1S/C30H28I2N2O4/c1-5-29(31,6-2)17-9-11-18(12-10-17)33-25(35)19-13-15-21-24-22(16-14-20(23(19)24)26(33)36)28(38)34(27(21)37)30(32,7-3)8-4/h9-16H,5-8H2,1-4H3. The third-order valence-corrected chi connectivity index (χ3v) is 12.3. The van der Waals surface area contributed by atoms with Crippen LogP contribution < -0.4 is 4.90 Å². The van der Waals surface area contributed by atoms with Crippen molar-refractivity contribution in [1.82, 2.24) is 4.90 Å². The van der Waals surface area contributed by atoms with Gasteiger partial charge in [0.1, 0.15) is 3.55 Å². The van der Waals surface area contributed by atoms with E-state index in [0.29, 0.717) is 51.6 Å². The van der Waals surface area contributed by atoms with Crippen LogP contribution in [0.1, 0.15) is 100 Å². The number of hydrogen-bond acceptors (Lipinski definition) is 4. The van der Waals surface area contributed by atoms with Crippen molar-refractivity contribution in [3.63, 3.8) is 0 Å². The lowest BCUT2D eigenvalue weighted by Gasteiger charge is -2.40. The van der Waals surface area contributed by atoms with Gasteiger partial charge in [-0.25, -0.2) is 4.90 Å². The van der Waals surface area contributed by atoms with Crippen LogP contribution in [0.4, 0.5) is 5.69 Å². The molecule has 2 heterocycles. The number of alkyl halides is 2. The van der Waals surface area contributed by atoms with Gasteiger partial charge in [0, 0.05) is 36.4 Å². The lowest BCUT2D eigenvalue weighted by molar-refractivity contribution is 0.0511. The van der Waals surface area contributed by atoms with Crippen molar-refractivity contribution in [1.29, 1.82) is 0 Å². The molecule has 38 heavy (non-hydrogen) atoms. The molecule has 8 heteroatoms. The van der Waals surface area contributed by atoms with E-state index in [-0.39, 0.29) is 3.42 Å². The summed E-state index contributed by atoms with van der Waals surface area (Å²) in [5.41, 5.74) is 2.96. The highest BCUT2D eigenvalue weighted by Gasteiger charge is 2.46. The summed E-state index contributed by atoms with van der Waals surface area (Å²) in [5, 5.41) is 0.786. The van der Waals surface area contributed by atoms with Gasteiger partial charge < -0.3 is 0 Å². The van der Waals surface area contributed by atoms with Gasteiger partial charge in [-0.05, 0) is 67.6 Å². The minimum atomic E-state index is -0.663. The van der Waals surface area contributed by atoms with Gasteiger partial charge in [0.25, 0.3) is 23.6 Å². The molecule has 2 aliphatic rings. The van der Waals surface area contributed by atoms with Crippen molar-refractivity contribution in [2.24, 2.45) is 0 Å². The predicted octanol–water partition coefficient (Wildman–Crippen LogP) is 7.64. The van der Waals surface area contributed by atoms with E-state index >= 15 is 0 Å². The van der Waals surface area contributed by atoms with Crippen LogP contribution in [0.3, 0.4) is 0 Å². The van der Waals surface area contributed by atoms with Crippen molar-refractivity contribution in [3.05, 3.63) is 76.3 Å². The van der Waals surface area contributed by atoms with Crippen molar-refractivity contribution < 1.29 is 19.2 Å². The van der Waals surface area contributed by atoms with Crippen LogP contribution >= 0.6 is 45.2 Å². The Labute approximate surface area is 249 Å². The topological polar surface area (TPSA) is 74.8 Å². The van der Waals surface area contributed by atoms with Crippen LogP contribution in [0.25, 0.3) is 10.8 Å². The third-order valence-electron chi connectivity index (χ3n) is 8.14. The molecule has 0 saturated heterocycles. The molecule has 4 amide bonds. The number of imide groups is 2. The van der Waals surface area contributed by atoms with Crippen molar-refractivity contribution in [2.75, 3.05) is 4.90 Å². The number of nitrogens with zero attached hydrogens (tertiary/aromatic N) is 2. The van der Waals surface area contributed by atoms with Gasteiger partial charge in [0.05, 0.1) is 5.69 Å². The molecule has 196 valence electrons. The molecule has 5 rings (SSSR count). The fourth-order valence-electron chi connectivity index (χ4n) is 5.61. The van der Waals surface area contributed by atoms with Crippen LogP contribution in [0.15, 0.2) is 48.5 Å². The number of hydrogen-bond donors (Lipinski definition) is 0. The maximum atomic E-state index is 13.7. The number of carbonyl (C=O) groups excluding carboxylic acids is 4. The Morgan fingerprint density at radius 1 is 0.579 bits per heavy atom. The monoisotopic (exact) mass is 734 g/mol. The minimum Gasteiger partial charge on any atom is -0.269 e. The Morgan fingerprint density at radius 3 is 1.34 bits per heavy atom. The highest BCUT2D eigenvalue weighted by molar-refractivity contribution is 14.1. The number of carbonyl (C=O) groups is 4. The van der Waals surface area contributed by atoms with E-state index in [1.165, 1.54) is 9.80 Å². The van der Waals surface area contributed by atoms with E-state index in [4.69, 9.17) is 0 Å². The summed E-state index contributed by atoms with van der Waals surface area (Å²) in [5.74, 6) is -1.70. The van der Waals surface area contributed by atoms with Crippen LogP contribution in [-0.2, 0) is 3.42 Å². The smallest absolute Gasteiger partial charge is 0.265 e. The van der Waals surface area contributed by atoms with E-state index in [1.807, 2.05) is 38.1 Å². The minimum absolute atomic E-state index is 0.0109. The molecule has 0 unspecified atom stereocenters. The summed E-state index contributed by atoms with van der Waals surface area (Å²) < 4.78 is -0.674. The maximum Gasteiger partial charge on any atom is 0.265 e. The average Bonchev–Trinajstić information content (AvgIpc) is 2.94. The van der Waals surface area contributed by atoms with E-state index in [9.17, 15) is 19.2 Å². The summed E-state index contributed by atoms with van der Waals surface area (Å²) in [6.07, 6.45) is 3.15. The summed E-state index contributed by atoms with van der Waals surface area (Å²) in [7, 11) is 0. The first-order chi connectivity index (χ1) is 18.1. The first kappa shape index (κ1) is 27.2. The molecule has 0 atom stereocenters. The van der Waals surface area contributed by atoms with Gasteiger partial charge in [-0.1, -0.05) is 85.0 Å². The summed E-state index contributed by atoms with van der Waals surface area (Å²) in [6.45, 7) is 8.20. The average molecular weight is 734 g/mol. The Balaban J connectivity index is 1.63. The molecule has 0 radical (unpaired) electrons. The second kappa shape index (κ2) is 9.69. The van der Waals surface area contributed by atoms with Crippen LogP contribution in [-0.4, -0.2) is 32.1 Å². The van der Waals surface area contributed by atoms with Gasteiger partial charge >= 0.3 is 0 Å². The second-order valence-electron chi connectivity index (χ2n) is 9.81. The Bertz CT molecular complexity index is 1450. The van der Waals surface area contributed by atoms with E-state index in [1.54, 1.807) is 24.3 Å². The van der Waals surface area contributed by atoms with Crippen LogP contribution in [0.2, 0.25) is 0 Å². The van der Waals surface area contributed by atoms with Crippen molar-refractivity contribution in [2.45, 2.75) is 60.3 Å². The number of anilines is 1. The van der Waals surface area contributed by atoms with Gasteiger partial charge in [-0.2, -0.15) is 0 Å². The lowest BCUT2D eigenvalue weighted by Crippen LogP contribution is -2.52. The molecule has 0 saturated carbocycles. The number of halogens is 2. The number of benzene rings is 3. The molecule has 0 fully saturated rings. The molecule has 3 aromatic carbocycles. The second-order valence-corrected chi connectivity index (χ2v) is 13.9. The first-order valence-corrected chi connectivity index (χ1v) is 15.1. The fraction of sp³-hybridized carbons (Fsp3) is 0.333. The molecule has 6 nitrogen and oxygen atoms in total. The Morgan fingerprint density at radius 2 is 0.974 bits per heavy atom. The summed E-state index contributed by atoms with van der Waals surface area (Å²) in [4.78, 5) is 57.3. The summed E-state index contributed by atoms with van der Waals surface area (Å²) in [6, 6.07) is 14.1. The molecule has 0 N–H and O–H groups in total. The van der Waals surface area contributed by atoms with Gasteiger partial charge in [0.2, 0.25) is 0 Å². The zero-order valence-corrected chi connectivity index (χ0v) is 26.0. The molecule has 2 aliphatic heterocycles. The predicted molar refractivity (Wildman–Crippen MR) is 166 cm³/mol. The van der Waals surface area contributed by atoms with E-state index in [2.05, 4.69) is 59.0 Å². The zero-order chi connectivity index (χ0) is 27.6. The first-order valence-electron chi connectivity index (χ1n) is 12.9. The van der Waals surface area contributed by atoms with E-state index in [0.717, 1.165) is 18.4 Å². The third kappa shape index (κ3) is 3.76. The normalized spacial score (nSPS) is 15.6. The maximum absolute atomic E-state index is 13.7. The van der Waals surface area contributed by atoms with Crippen LogP contribution in [0.5, 0.6) is 0 Å². The Hall–Kier alpha value is -2.34. The fourth-order valence-corrected chi connectivity index (χ4v) is 6.40. The van der Waals surface area contributed by atoms with Crippen molar-refractivity contribution in [3.8, 4) is 0 Å². The molecule has 0 aromatic heterocycles. The quantitative estimate of drug-likeness (QED) is 0.108. The van der Waals surface area contributed by atoms with Crippen molar-refractivity contribution >= 4 is 85.3 Å². The molecular formula is C30H28I2N2O4. The lowest BCUT2D eigenvalue weighted by atomic mass is 9.85. The van der Waals surface area contributed by atoms with E-state index < -0.39 is 27.2 Å². The highest BCUT2D eigenvalue weighted by Crippen LogP contribution is 2.44. The molecule has 3 aromatic rings. The molecular weight excluding hydrogens is 706 g/mol. The Kier molecular flexibility index (Phi) is 6.95. The summed E-state index contributed by atoms with van der Waals surface area (Å²) >= 11 is 4.66. The zero-order valence-electron chi connectivity index (χ0n) is 21.7. The van der Waals surface area contributed by atoms with Gasteiger partial charge in [-0.3, -0.25) is 24.1 Å². The number of amides is 4. The molecule has 0 bridgehead atoms.